The van der Waals surface area contributed by atoms with Crippen molar-refractivity contribution in [3.63, 3.8) is 0 Å². The van der Waals surface area contributed by atoms with Crippen LogP contribution in [0.1, 0.15) is 16.5 Å². The minimum absolute atomic E-state index is 0.0228. The number of nitrogens with zero attached hydrogens (tertiary/aromatic N) is 3. The Morgan fingerprint density at radius 3 is 2.50 bits per heavy atom. The van der Waals surface area contributed by atoms with Crippen molar-refractivity contribution in [2.24, 2.45) is 0 Å². The molecule has 6 heteroatoms. The molecule has 24 heavy (non-hydrogen) atoms. The summed E-state index contributed by atoms with van der Waals surface area (Å²) in [7, 11) is 3.94. The first-order valence-corrected chi connectivity index (χ1v) is 8.77. The normalized spacial score (nSPS) is 16.3. The van der Waals surface area contributed by atoms with Crippen molar-refractivity contribution in [1.82, 2.24) is 14.7 Å². The highest BCUT2D eigenvalue weighted by molar-refractivity contribution is 7.10. The number of urea groups is 1. The number of likely N-dealkylation sites (N-methyl/N-ethyl adjacent to an activating group) is 1. The number of carbonyl (C=O) groups is 2. The van der Waals surface area contributed by atoms with Crippen LogP contribution < -0.4 is 0 Å². The van der Waals surface area contributed by atoms with E-state index in [4.69, 9.17) is 0 Å². The van der Waals surface area contributed by atoms with Gasteiger partial charge in [-0.05, 0) is 31.1 Å². The molecule has 1 aromatic carbocycles. The highest BCUT2D eigenvalue weighted by Crippen LogP contribution is 2.26. The van der Waals surface area contributed by atoms with Crippen LogP contribution in [-0.4, -0.2) is 53.8 Å². The van der Waals surface area contributed by atoms with Gasteiger partial charge in [0, 0.05) is 11.4 Å². The van der Waals surface area contributed by atoms with Gasteiger partial charge in [-0.15, -0.1) is 11.3 Å². The molecule has 126 valence electrons. The van der Waals surface area contributed by atoms with Gasteiger partial charge in [0.05, 0.1) is 12.6 Å². The van der Waals surface area contributed by atoms with Crippen LogP contribution in [0.15, 0.2) is 47.8 Å². The van der Waals surface area contributed by atoms with Gasteiger partial charge in [-0.1, -0.05) is 36.4 Å². The van der Waals surface area contributed by atoms with E-state index in [1.54, 1.807) is 16.2 Å². The van der Waals surface area contributed by atoms with Crippen molar-refractivity contribution in [1.29, 1.82) is 0 Å². The second-order valence-electron chi connectivity index (χ2n) is 6.12. The van der Waals surface area contributed by atoms with Crippen molar-refractivity contribution in [3.05, 3.63) is 58.3 Å². The minimum Gasteiger partial charge on any atom is -0.311 e. The Hall–Kier alpha value is -2.18. The first-order chi connectivity index (χ1) is 11.6. The number of carbonyl (C=O) groups excluding carboxylic acids is 2. The number of amides is 3. The number of imide groups is 1. The number of benzene rings is 1. The summed E-state index contributed by atoms with van der Waals surface area (Å²) in [6.45, 7) is 1.00. The van der Waals surface area contributed by atoms with E-state index in [-0.39, 0.29) is 24.5 Å². The highest BCUT2D eigenvalue weighted by Gasteiger charge is 2.37. The van der Waals surface area contributed by atoms with E-state index in [9.17, 15) is 9.59 Å². The molecule has 3 rings (SSSR count). The predicted molar refractivity (Wildman–Crippen MR) is 94.7 cm³/mol. The lowest BCUT2D eigenvalue weighted by molar-refractivity contribution is -0.125. The molecule has 0 unspecified atom stereocenters. The molecule has 0 bridgehead atoms. The Kier molecular flexibility index (Phi) is 4.97. The van der Waals surface area contributed by atoms with Gasteiger partial charge < -0.3 is 9.80 Å². The molecule has 0 aliphatic carbocycles. The van der Waals surface area contributed by atoms with E-state index in [0.29, 0.717) is 13.1 Å². The first-order valence-electron chi connectivity index (χ1n) is 7.89. The summed E-state index contributed by atoms with van der Waals surface area (Å²) < 4.78 is 0. The average molecular weight is 343 g/mol. The summed E-state index contributed by atoms with van der Waals surface area (Å²) in [6.07, 6.45) is 0. The zero-order valence-electron chi connectivity index (χ0n) is 13.9. The predicted octanol–water partition coefficient (Wildman–Crippen LogP) is 2.82. The van der Waals surface area contributed by atoms with Crippen LogP contribution >= 0.6 is 11.3 Å². The molecule has 0 spiro atoms. The molecule has 1 aliphatic rings. The van der Waals surface area contributed by atoms with Crippen molar-refractivity contribution >= 4 is 23.3 Å². The number of hydrogen-bond donors (Lipinski definition) is 0. The van der Waals surface area contributed by atoms with E-state index in [2.05, 4.69) is 0 Å². The third kappa shape index (κ3) is 3.49. The Labute approximate surface area is 146 Å². The third-order valence-corrected chi connectivity index (χ3v) is 5.17. The Morgan fingerprint density at radius 2 is 1.88 bits per heavy atom. The van der Waals surface area contributed by atoms with Gasteiger partial charge >= 0.3 is 6.03 Å². The Balaban J connectivity index is 1.72. The fraction of sp³-hybridized carbons (Fsp3) is 0.333. The van der Waals surface area contributed by atoms with Crippen molar-refractivity contribution < 1.29 is 9.59 Å². The second-order valence-corrected chi connectivity index (χ2v) is 7.10. The van der Waals surface area contributed by atoms with E-state index < -0.39 is 0 Å². The van der Waals surface area contributed by atoms with Crippen LogP contribution in [-0.2, 0) is 11.3 Å². The molecule has 0 radical (unpaired) electrons. The van der Waals surface area contributed by atoms with Crippen molar-refractivity contribution in [2.45, 2.75) is 12.6 Å². The maximum atomic E-state index is 12.7. The monoisotopic (exact) mass is 343 g/mol. The maximum Gasteiger partial charge on any atom is 0.327 e. The van der Waals surface area contributed by atoms with Crippen LogP contribution in [0.5, 0.6) is 0 Å². The molecular formula is C18H21N3O2S. The van der Waals surface area contributed by atoms with Gasteiger partial charge in [-0.3, -0.25) is 9.69 Å². The number of rotatable bonds is 6. The van der Waals surface area contributed by atoms with Crippen LogP contribution in [0, 0.1) is 0 Å². The molecule has 0 saturated carbocycles. The molecule has 5 nitrogen and oxygen atoms in total. The van der Waals surface area contributed by atoms with E-state index in [1.165, 1.54) is 4.90 Å². The lowest BCUT2D eigenvalue weighted by atomic mass is 10.2. The van der Waals surface area contributed by atoms with Gasteiger partial charge in [-0.2, -0.15) is 0 Å². The van der Waals surface area contributed by atoms with E-state index in [0.717, 1.165) is 10.4 Å². The summed E-state index contributed by atoms with van der Waals surface area (Å²) in [6, 6.07) is 13.6. The summed E-state index contributed by atoms with van der Waals surface area (Å²) in [5.41, 5.74) is 1.03. The highest BCUT2D eigenvalue weighted by atomic mass is 32.1. The molecule has 3 amide bonds. The fourth-order valence-electron chi connectivity index (χ4n) is 2.86. The zero-order chi connectivity index (χ0) is 17.1. The van der Waals surface area contributed by atoms with Gasteiger partial charge in [0.25, 0.3) is 0 Å². The molecule has 0 N–H and O–H groups in total. The van der Waals surface area contributed by atoms with Gasteiger partial charge in [-0.25, -0.2) is 4.79 Å². The number of hydrogen-bond acceptors (Lipinski definition) is 4. The quantitative estimate of drug-likeness (QED) is 0.758. The number of thiophene rings is 1. The molecule has 2 heterocycles. The molecule has 2 aromatic rings. The summed E-state index contributed by atoms with van der Waals surface area (Å²) in [5, 5.41) is 2.02. The van der Waals surface area contributed by atoms with Crippen LogP contribution in [0.4, 0.5) is 4.79 Å². The van der Waals surface area contributed by atoms with Gasteiger partial charge in [0.15, 0.2) is 0 Å². The average Bonchev–Trinajstić information content (AvgIpc) is 3.16. The second kappa shape index (κ2) is 7.15. The Morgan fingerprint density at radius 1 is 1.12 bits per heavy atom. The van der Waals surface area contributed by atoms with Crippen LogP contribution in [0.25, 0.3) is 0 Å². The molecule has 1 atom stereocenters. The molecule has 1 aliphatic heterocycles. The maximum absolute atomic E-state index is 12.7. The smallest absolute Gasteiger partial charge is 0.311 e. The Bertz CT molecular complexity index is 700. The van der Waals surface area contributed by atoms with Crippen LogP contribution in [0.3, 0.4) is 0 Å². The summed E-state index contributed by atoms with van der Waals surface area (Å²) in [5.74, 6) is -0.126. The summed E-state index contributed by atoms with van der Waals surface area (Å²) >= 11 is 1.64. The molecule has 1 fully saturated rings. The zero-order valence-corrected chi connectivity index (χ0v) is 14.7. The lowest BCUT2D eigenvalue weighted by Gasteiger charge is -2.27. The fourth-order valence-corrected chi connectivity index (χ4v) is 3.78. The first kappa shape index (κ1) is 16.7. The molecule has 1 aromatic heterocycles. The SMILES string of the molecule is CN(C)[C@@H](CN1C(=O)CN(Cc2ccccc2)C1=O)c1cccs1. The van der Waals surface area contributed by atoms with Gasteiger partial charge in [0.1, 0.15) is 6.54 Å². The topological polar surface area (TPSA) is 43.9 Å². The largest absolute Gasteiger partial charge is 0.327 e. The van der Waals surface area contributed by atoms with Crippen LogP contribution in [0.2, 0.25) is 0 Å². The van der Waals surface area contributed by atoms with Gasteiger partial charge in [0.2, 0.25) is 5.91 Å². The summed E-state index contributed by atoms with van der Waals surface area (Å²) in [4.78, 5) is 31.2. The minimum atomic E-state index is -0.202. The van der Waals surface area contributed by atoms with Crippen molar-refractivity contribution in [3.8, 4) is 0 Å². The van der Waals surface area contributed by atoms with E-state index >= 15 is 0 Å². The third-order valence-electron chi connectivity index (χ3n) is 4.20. The molecule has 1 saturated heterocycles. The lowest BCUT2D eigenvalue weighted by Crippen LogP contribution is -2.39. The van der Waals surface area contributed by atoms with E-state index in [1.807, 2.05) is 66.8 Å². The van der Waals surface area contributed by atoms with Crippen molar-refractivity contribution in [2.75, 3.05) is 27.2 Å². The standard InChI is InChI=1S/C18H21N3O2S/c1-19(2)15(16-9-6-10-24-16)12-21-17(22)13-20(18(21)23)11-14-7-4-3-5-8-14/h3-10,15H,11-13H2,1-2H3/t15-/m0/s1. The molecular weight excluding hydrogens is 322 g/mol.